The topological polar surface area (TPSA) is 77.4 Å². The molecule has 0 saturated carbocycles. The Hall–Kier alpha value is -3.11. The van der Waals surface area contributed by atoms with Gasteiger partial charge in [-0.15, -0.1) is 0 Å². The third-order valence-electron chi connectivity index (χ3n) is 5.47. The van der Waals surface area contributed by atoms with Gasteiger partial charge in [-0.25, -0.2) is 4.68 Å². The van der Waals surface area contributed by atoms with Crippen molar-refractivity contribution in [2.75, 3.05) is 24.9 Å². The van der Waals surface area contributed by atoms with E-state index in [2.05, 4.69) is 15.7 Å². The quantitative estimate of drug-likeness (QED) is 0.428. The van der Waals surface area contributed by atoms with Crippen molar-refractivity contribution >= 4 is 40.6 Å². The molecule has 0 radical (unpaired) electrons. The Morgan fingerprint density at radius 2 is 1.88 bits per heavy atom. The molecule has 12 heteroatoms. The van der Waals surface area contributed by atoms with Crippen LogP contribution in [0.3, 0.4) is 0 Å². The Morgan fingerprint density at radius 1 is 1.15 bits per heavy atom. The summed E-state index contributed by atoms with van der Waals surface area (Å²) in [5, 5.41) is 10.1. The Bertz CT molecular complexity index is 1230. The molecule has 2 atom stereocenters. The maximum atomic E-state index is 14.0. The lowest BCUT2D eigenvalue weighted by atomic mass is 9.96. The lowest BCUT2D eigenvalue weighted by molar-refractivity contribution is -0.173. The Kier molecular flexibility index (Phi) is 6.55. The van der Waals surface area contributed by atoms with Crippen molar-refractivity contribution in [3.05, 3.63) is 63.8 Å². The zero-order chi connectivity index (χ0) is 24.6. The fourth-order valence-electron chi connectivity index (χ4n) is 3.80. The Balaban J connectivity index is 1.70. The number of hydrogen-bond donors (Lipinski definition) is 2. The van der Waals surface area contributed by atoms with Crippen molar-refractivity contribution in [2.24, 2.45) is 0 Å². The predicted molar refractivity (Wildman–Crippen MR) is 122 cm³/mol. The molecule has 0 aliphatic carbocycles. The molecule has 1 aliphatic rings. The number of benzene rings is 2. The number of nitrogens with one attached hydrogen (secondary N) is 2. The second-order valence-corrected chi connectivity index (χ2v) is 8.38. The lowest BCUT2D eigenvalue weighted by Crippen LogP contribution is -2.36. The summed E-state index contributed by atoms with van der Waals surface area (Å²) in [5.74, 6) is 0.0852. The molecule has 0 spiro atoms. The Morgan fingerprint density at radius 3 is 2.53 bits per heavy atom. The number of carbonyl (C=O) groups is 1. The molecule has 0 saturated heterocycles. The lowest BCUT2D eigenvalue weighted by Gasteiger charge is -2.34. The second-order valence-electron chi connectivity index (χ2n) is 7.53. The summed E-state index contributed by atoms with van der Waals surface area (Å²) in [6.45, 7) is 0. The van der Waals surface area contributed by atoms with Gasteiger partial charge in [-0.3, -0.25) is 4.79 Å². The van der Waals surface area contributed by atoms with E-state index in [4.69, 9.17) is 32.7 Å². The third-order valence-corrected chi connectivity index (χ3v) is 6.02. The molecular weight excluding hydrogens is 496 g/mol. The fourth-order valence-corrected chi connectivity index (χ4v) is 4.25. The standard InChI is InChI=1S/C22H19Cl2F3N4O3/c1-33-17-6-3-11(7-18(17)34-2)16-9-19(22(25,26)27)31-20(29-16)13(10-28-31)21(32)30-15-5-4-12(23)8-14(15)24/h3-8,10,16,19,29H,9H2,1-2H3,(H,30,32)/t16-,19+/m0/s1. The summed E-state index contributed by atoms with van der Waals surface area (Å²) in [7, 11) is 2.90. The van der Waals surface area contributed by atoms with Crippen molar-refractivity contribution in [3.63, 3.8) is 0 Å². The first-order valence-electron chi connectivity index (χ1n) is 10.0. The van der Waals surface area contributed by atoms with E-state index in [9.17, 15) is 18.0 Å². The summed E-state index contributed by atoms with van der Waals surface area (Å²) < 4.78 is 53.2. The number of nitrogens with zero attached hydrogens (tertiary/aromatic N) is 2. The minimum atomic E-state index is -4.59. The number of amides is 1. The summed E-state index contributed by atoms with van der Waals surface area (Å²) in [6, 6.07) is 6.61. The molecule has 34 heavy (non-hydrogen) atoms. The monoisotopic (exact) mass is 514 g/mol. The first kappa shape index (κ1) is 24.0. The number of fused-ring (bicyclic) bond motifs is 1. The summed E-state index contributed by atoms with van der Waals surface area (Å²) >= 11 is 12.0. The number of ether oxygens (including phenoxy) is 2. The van der Waals surface area contributed by atoms with Gasteiger partial charge >= 0.3 is 6.18 Å². The number of rotatable bonds is 5. The normalized spacial score (nSPS) is 17.5. The number of methoxy groups -OCH3 is 2. The van der Waals surface area contributed by atoms with Crippen LogP contribution in [0.15, 0.2) is 42.6 Å². The van der Waals surface area contributed by atoms with E-state index in [1.165, 1.54) is 32.4 Å². The van der Waals surface area contributed by atoms with Crippen LogP contribution >= 0.6 is 23.2 Å². The molecule has 0 bridgehead atoms. The van der Waals surface area contributed by atoms with Crippen LogP contribution in [0, 0.1) is 0 Å². The maximum absolute atomic E-state index is 14.0. The van der Waals surface area contributed by atoms with Crippen molar-refractivity contribution < 1.29 is 27.4 Å². The van der Waals surface area contributed by atoms with Crippen LogP contribution in [-0.2, 0) is 0 Å². The van der Waals surface area contributed by atoms with E-state index in [1.54, 1.807) is 18.2 Å². The molecule has 7 nitrogen and oxygen atoms in total. The number of alkyl halides is 3. The highest BCUT2D eigenvalue weighted by atomic mass is 35.5. The molecule has 0 unspecified atom stereocenters. The number of anilines is 2. The zero-order valence-corrected chi connectivity index (χ0v) is 19.4. The van der Waals surface area contributed by atoms with Gasteiger partial charge < -0.3 is 20.1 Å². The van der Waals surface area contributed by atoms with Crippen molar-refractivity contribution in [3.8, 4) is 11.5 Å². The minimum absolute atomic E-state index is 0.0593. The number of carbonyl (C=O) groups excluding carboxylic acids is 1. The highest BCUT2D eigenvalue weighted by Crippen LogP contribution is 2.45. The minimum Gasteiger partial charge on any atom is -0.493 e. The van der Waals surface area contributed by atoms with Gasteiger partial charge in [-0.05, 0) is 35.9 Å². The molecule has 1 aliphatic heterocycles. The van der Waals surface area contributed by atoms with Crippen molar-refractivity contribution in [2.45, 2.75) is 24.7 Å². The first-order valence-corrected chi connectivity index (χ1v) is 10.8. The highest BCUT2D eigenvalue weighted by Gasteiger charge is 2.47. The van der Waals surface area contributed by atoms with Gasteiger partial charge in [0.25, 0.3) is 5.91 Å². The molecular formula is C22H19Cl2F3N4O3. The smallest absolute Gasteiger partial charge is 0.410 e. The molecule has 2 heterocycles. The molecule has 180 valence electrons. The maximum Gasteiger partial charge on any atom is 0.410 e. The van der Waals surface area contributed by atoms with E-state index >= 15 is 0 Å². The molecule has 4 rings (SSSR count). The van der Waals surface area contributed by atoms with Crippen LogP contribution in [0.4, 0.5) is 24.7 Å². The largest absolute Gasteiger partial charge is 0.493 e. The number of halogens is 5. The molecule has 2 N–H and O–H groups in total. The molecule has 1 aromatic heterocycles. The second kappa shape index (κ2) is 9.27. The van der Waals surface area contributed by atoms with E-state index in [1.807, 2.05) is 0 Å². The Labute approximate surface area is 202 Å². The highest BCUT2D eigenvalue weighted by molar-refractivity contribution is 6.36. The van der Waals surface area contributed by atoms with Gasteiger partial charge in [-0.2, -0.15) is 18.3 Å². The molecule has 3 aromatic rings. The van der Waals surface area contributed by atoms with Gasteiger partial charge in [0, 0.05) is 11.4 Å². The summed E-state index contributed by atoms with van der Waals surface area (Å²) in [5.41, 5.74) is 0.729. The SMILES string of the molecule is COc1ccc([C@@H]2C[C@H](C(F)(F)F)n3ncc(C(=O)Nc4ccc(Cl)cc4Cl)c3N2)cc1OC. The van der Waals surface area contributed by atoms with Gasteiger partial charge in [0.05, 0.1) is 37.2 Å². The van der Waals surface area contributed by atoms with Gasteiger partial charge in [0.1, 0.15) is 11.4 Å². The van der Waals surface area contributed by atoms with Gasteiger partial charge in [-0.1, -0.05) is 29.3 Å². The van der Waals surface area contributed by atoms with Crippen LogP contribution in [-0.4, -0.2) is 36.1 Å². The predicted octanol–water partition coefficient (Wildman–Crippen LogP) is 6.12. The number of hydrogen-bond acceptors (Lipinski definition) is 5. The van der Waals surface area contributed by atoms with Crippen LogP contribution < -0.4 is 20.1 Å². The van der Waals surface area contributed by atoms with Crippen molar-refractivity contribution in [1.29, 1.82) is 0 Å². The van der Waals surface area contributed by atoms with E-state index < -0.39 is 24.2 Å². The average molecular weight is 515 g/mol. The first-order chi connectivity index (χ1) is 16.1. The van der Waals surface area contributed by atoms with E-state index in [0.717, 1.165) is 10.9 Å². The van der Waals surface area contributed by atoms with E-state index in [0.29, 0.717) is 22.1 Å². The molecule has 2 aromatic carbocycles. The molecule has 1 amide bonds. The average Bonchev–Trinajstić information content (AvgIpc) is 3.23. The zero-order valence-electron chi connectivity index (χ0n) is 17.9. The third kappa shape index (κ3) is 4.60. The van der Waals surface area contributed by atoms with Crippen LogP contribution in [0.25, 0.3) is 0 Å². The van der Waals surface area contributed by atoms with Crippen LogP contribution in [0.5, 0.6) is 11.5 Å². The van der Waals surface area contributed by atoms with Crippen LogP contribution in [0.2, 0.25) is 10.0 Å². The summed E-state index contributed by atoms with van der Waals surface area (Å²) in [4.78, 5) is 13.0. The van der Waals surface area contributed by atoms with Gasteiger partial charge in [0.2, 0.25) is 0 Å². The number of aromatic nitrogens is 2. The fraction of sp³-hybridized carbons (Fsp3) is 0.273. The summed E-state index contributed by atoms with van der Waals surface area (Å²) in [6.07, 6.45) is -3.83. The van der Waals surface area contributed by atoms with Gasteiger partial charge in [0.15, 0.2) is 17.5 Å². The van der Waals surface area contributed by atoms with Crippen molar-refractivity contribution in [1.82, 2.24) is 9.78 Å². The van der Waals surface area contributed by atoms with Crippen LogP contribution in [0.1, 0.15) is 34.4 Å². The van der Waals surface area contributed by atoms with E-state index in [-0.39, 0.29) is 28.5 Å². The molecule has 0 fully saturated rings.